The van der Waals surface area contributed by atoms with Crippen molar-refractivity contribution >= 4 is 28.4 Å². The van der Waals surface area contributed by atoms with E-state index in [0.29, 0.717) is 11.4 Å². The molecule has 0 N–H and O–H groups in total. The van der Waals surface area contributed by atoms with Crippen LogP contribution in [0.4, 0.5) is 0 Å². The highest BCUT2D eigenvalue weighted by Gasteiger charge is 2.22. The van der Waals surface area contributed by atoms with Crippen molar-refractivity contribution in [2.24, 2.45) is 0 Å². The number of hydrogen-bond donors (Lipinski definition) is 0. The van der Waals surface area contributed by atoms with Crippen molar-refractivity contribution in [2.75, 3.05) is 0 Å². The minimum absolute atomic E-state index is 0.128. The Morgan fingerprint density at radius 2 is 2.21 bits per heavy atom. The number of rotatable bonds is 0. The van der Waals surface area contributed by atoms with Crippen LogP contribution in [0.25, 0.3) is 10.9 Å². The number of carbonyl (C=O) groups excluding carboxylic acids is 1. The van der Waals surface area contributed by atoms with Crippen LogP contribution in [0.5, 0.6) is 0 Å². The molecular formula is C10H7ClN2O. The predicted octanol–water partition coefficient (Wildman–Crippen LogP) is 2.28. The molecule has 0 bridgehead atoms. The van der Waals surface area contributed by atoms with E-state index in [9.17, 15) is 4.79 Å². The summed E-state index contributed by atoms with van der Waals surface area (Å²) in [6, 6.07) is 1.99. The normalized spacial score (nSPS) is 15.1. The third kappa shape index (κ3) is 0.876. The Bertz CT molecular complexity index is 544. The van der Waals surface area contributed by atoms with Crippen molar-refractivity contribution in [3.8, 4) is 0 Å². The molecule has 0 aliphatic carbocycles. The van der Waals surface area contributed by atoms with Crippen molar-refractivity contribution in [1.29, 1.82) is 0 Å². The Morgan fingerprint density at radius 1 is 1.36 bits per heavy atom. The summed E-state index contributed by atoms with van der Waals surface area (Å²) in [6.07, 6.45) is 4.70. The average Bonchev–Trinajstić information content (AvgIpc) is 2.67. The molecule has 1 aliphatic rings. The highest BCUT2D eigenvalue weighted by Crippen LogP contribution is 2.29. The van der Waals surface area contributed by atoms with Gasteiger partial charge in [-0.2, -0.15) is 0 Å². The molecule has 1 aliphatic heterocycles. The van der Waals surface area contributed by atoms with Crippen LogP contribution in [0, 0.1) is 0 Å². The number of aromatic nitrogens is 2. The Morgan fingerprint density at radius 3 is 3.07 bits per heavy atom. The van der Waals surface area contributed by atoms with E-state index < -0.39 is 0 Å². The van der Waals surface area contributed by atoms with E-state index in [4.69, 9.17) is 11.6 Å². The van der Waals surface area contributed by atoms with Crippen molar-refractivity contribution in [3.63, 3.8) is 0 Å². The van der Waals surface area contributed by atoms with Crippen LogP contribution in [0.3, 0.4) is 0 Å². The summed E-state index contributed by atoms with van der Waals surface area (Å²) in [4.78, 5) is 15.6. The van der Waals surface area contributed by atoms with E-state index in [2.05, 4.69) is 4.98 Å². The monoisotopic (exact) mass is 206 g/mol. The Hall–Kier alpha value is -1.35. The summed E-state index contributed by atoms with van der Waals surface area (Å²) in [7, 11) is 0. The second-order valence-electron chi connectivity index (χ2n) is 3.42. The molecule has 0 amide bonds. The van der Waals surface area contributed by atoms with Gasteiger partial charge in [-0.25, -0.2) is 0 Å². The molecule has 2 aromatic rings. The molecular weight excluding hydrogens is 200 g/mol. The maximum Gasteiger partial charge on any atom is 0.231 e. The lowest BCUT2D eigenvalue weighted by Gasteiger charge is -1.99. The third-order valence-electron chi connectivity index (χ3n) is 2.58. The van der Waals surface area contributed by atoms with E-state index in [1.165, 1.54) is 0 Å². The van der Waals surface area contributed by atoms with Crippen molar-refractivity contribution in [2.45, 2.75) is 12.8 Å². The number of pyridine rings is 1. The fourth-order valence-electron chi connectivity index (χ4n) is 1.99. The van der Waals surface area contributed by atoms with Crippen LogP contribution in [-0.2, 0) is 6.42 Å². The van der Waals surface area contributed by atoms with Gasteiger partial charge in [0.05, 0.1) is 10.5 Å². The zero-order chi connectivity index (χ0) is 9.71. The first-order valence-electron chi connectivity index (χ1n) is 4.44. The molecule has 0 saturated carbocycles. The van der Waals surface area contributed by atoms with Crippen molar-refractivity contribution < 1.29 is 4.79 Å². The lowest BCUT2D eigenvalue weighted by atomic mass is 10.2. The lowest BCUT2D eigenvalue weighted by molar-refractivity contribution is 0.0928. The van der Waals surface area contributed by atoms with Crippen molar-refractivity contribution in [1.82, 2.24) is 9.55 Å². The molecule has 2 aromatic heterocycles. The molecule has 70 valence electrons. The van der Waals surface area contributed by atoms with Crippen LogP contribution in [0.15, 0.2) is 18.5 Å². The van der Waals surface area contributed by atoms with Gasteiger partial charge >= 0.3 is 0 Å². The standard InChI is InChI=1S/C10H7ClN2O/c11-8-5-12-4-6-3-7-1-2-9(14)13(7)10(6)8/h3-5H,1-2H2. The SMILES string of the molecule is O=C1CCc2cc3cncc(Cl)c3n21. The van der Waals surface area contributed by atoms with Crippen LogP contribution in [-0.4, -0.2) is 15.5 Å². The fourth-order valence-corrected chi connectivity index (χ4v) is 2.24. The molecule has 0 radical (unpaired) electrons. The van der Waals surface area contributed by atoms with Gasteiger partial charge in [0.2, 0.25) is 5.91 Å². The number of aryl methyl sites for hydroxylation is 1. The van der Waals surface area contributed by atoms with E-state index >= 15 is 0 Å². The molecule has 0 spiro atoms. The zero-order valence-corrected chi connectivity index (χ0v) is 8.08. The molecule has 0 saturated heterocycles. The molecule has 0 fully saturated rings. The Labute approximate surface area is 85.3 Å². The van der Waals surface area contributed by atoms with Crippen LogP contribution >= 0.6 is 11.6 Å². The first kappa shape index (κ1) is 8.00. The summed E-state index contributed by atoms with van der Waals surface area (Å²) < 4.78 is 1.71. The van der Waals surface area contributed by atoms with Gasteiger partial charge in [0.15, 0.2) is 0 Å². The highest BCUT2D eigenvalue weighted by molar-refractivity contribution is 6.35. The maximum absolute atomic E-state index is 11.6. The largest absolute Gasteiger partial charge is 0.283 e. The van der Waals surface area contributed by atoms with Gasteiger partial charge in [-0.05, 0) is 12.5 Å². The topological polar surface area (TPSA) is 34.9 Å². The molecule has 3 heterocycles. The van der Waals surface area contributed by atoms with Crippen LogP contribution in [0.1, 0.15) is 16.9 Å². The average molecular weight is 207 g/mol. The molecule has 0 unspecified atom stereocenters. The number of fused-ring (bicyclic) bond motifs is 3. The van der Waals surface area contributed by atoms with Crippen LogP contribution in [0.2, 0.25) is 5.02 Å². The Balaban J connectivity index is 2.50. The Kier molecular flexibility index (Phi) is 1.47. The summed E-state index contributed by atoms with van der Waals surface area (Å²) in [5, 5.41) is 1.49. The number of nitrogens with zero attached hydrogens (tertiary/aromatic N) is 2. The first-order valence-corrected chi connectivity index (χ1v) is 4.82. The summed E-state index contributed by atoms with van der Waals surface area (Å²) in [6.45, 7) is 0. The summed E-state index contributed by atoms with van der Waals surface area (Å²) >= 11 is 6.01. The molecule has 3 nitrogen and oxygen atoms in total. The predicted molar refractivity (Wildman–Crippen MR) is 53.7 cm³/mol. The minimum Gasteiger partial charge on any atom is -0.283 e. The van der Waals surface area contributed by atoms with E-state index in [1.807, 2.05) is 6.07 Å². The van der Waals surface area contributed by atoms with E-state index in [0.717, 1.165) is 23.0 Å². The lowest BCUT2D eigenvalue weighted by Crippen LogP contribution is -2.03. The van der Waals surface area contributed by atoms with Crippen molar-refractivity contribution in [3.05, 3.63) is 29.2 Å². The molecule has 14 heavy (non-hydrogen) atoms. The third-order valence-corrected chi connectivity index (χ3v) is 2.86. The highest BCUT2D eigenvalue weighted by atomic mass is 35.5. The fraction of sp³-hybridized carbons (Fsp3) is 0.200. The molecule has 0 atom stereocenters. The maximum atomic E-state index is 11.6. The van der Waals surface area contributed by atoms with E-state index in [-0.39, 0.29) is 5.91 Å². The number of hydrogen-bond acceptors (Lipinski definition) is 2. The quantitative estimate of drug-likeness (QED) is 0.663. The zero-order valence-electron chi connectivity index (χ0n) is 7.33. The summed E-state index contributed by atoms with van der Waals surface area (Å²) in [5.41, 5.74) is 1.85. The van der Waals surface area contributed by atoms with E-state index in [1.54, 1.807) is 17.0 Å². The van der Waals surface area contributed by atoms with Gasteiger partial charge in [-0.15, -0.1) is 0 Å². The molecule has 3 rings (SSSR count). The molecule has 0 aromatic carbocycles. The van der Waals surface area contributed by atoms with Gasteiger partial charge in [-0.1, -0.05) is 11.6 Å². The number of halogens is 1. The van der Waals surface area contributed by atoms with Gasteiger partial charge < -0.3 is 0 Å². The molecule has 4 heteroatoms. The first-order chi connectivity index (χ1) is 6.77. The van der Waals surface area contributed by atoms with Crippen LogP contribution < -0.4 is 0 Å². The van der Waals surface area contributed by atoms with Gasteiger partial charge in [0, 0.05) is 29.9 Å². The smallest absolute Gasteiger partial charge is 0.231 e. The van der Waals surface area contributed by atoms with Gasteiger partial charge in [0.25, 0.3) is 0 Å². The minimum atomic E-state index is 0.128. The summed E-state index contributed by atoms with van der Waals surface area (Å²) in [5.74, 6) is 0.128. The second-order valence-corrected chi connectivity index (χ2v) is 3.83. The second kappa shape index (κ2) is 2.58. The number of carbonyl (C=O) groups is 1. The van der Waals surface area contributed by atoms with Gasteiger partial charge in [-0.3, -0.25) is 14.3 Å². The van der Waals surface area contributed by atoms with Gasteiger partial charge in [0.1, 0.15) is 0 Å².